The summed E-state index contributed by atoms with van der Waals surface area (Å²) in [6, 6.07) is 7.85. The van der Waals surface area contributed by atoms with Crippen molar-refractivity contribution in [2.24, 2.45) is 10.9 Å². The average molecular weight is 358 g/mol. The summed E-state index contributed by atoms with van der Waals surface area (Å²) >= 11 is 6.07. The first-order chi connectivity index (χ1) is 12.0. The first-order valence-electron chi connectivity index (χ1n) is 8.40. The second-order valence-corrected chi connectivity index (χ2v) is 6.35. The van der Waals surface area contributed by atoms with E-state index in [1.807, 2.05) is 44.2 Å². The Morgan fingerprint density at radius 3 is 2.84 bits per heavy atom. The van der Waals surface area contributed by atoms with Gasteiger partial charge >= 0.3 is 0 Å². The van der Waals surface area contributed by atoms with Gasteiger partial charge in [0.15, 0.2) is 0 Å². The molecule has 1 atom stereocenters. The highest BCUT2D eigenvalue weighted by molar-refractivity contribution is 6.68. The van der Waals surface area contributed by atoms with Gasteiger partial charge in [-0.25, -0.2) is 4.99 Å². The van der Waals surface area contributed by atoms with E-state index < -0.39 is 0 Å². The van der Waals surface area contributed by atoms with Crippen LogP contribution in [-0.2, 0) is 4.79 Å². The molecule has 2 rings (SSSR count). The fraction of sp³-hybridized carbons (Fsp3) is 0.300. The quantitative estimate of drug-likeness (QED) is 0.512. The number of carbonyl (C=O) groups is 1. The lowest BCUT2D eigenvalue weighted by molar-refractivity contribution is -0.117. The number of hydrogen-bond donors (Lipinski definition) is 2. The SMILES string of the molecule is C=C/C=C/C(Cl)=N\C(=C/C)N[C@@H](C)c1cccc(NC(=O)C2CC2)c1. The van der Waals surface area contributed by atoms with E-state index in [1.54, 1.807) is 18.2 Å². The lowest BCUT2D eigenvalue weighted by Gasteiger charge is -2.17. The number of rotatable bonds is 8. The molecule has 0 bridgehead atoms. The van der Waals surface area contributed by atoms with Gasteiger partial charge in [0.1, 0.15) is 11.0 Å². The van der Waals surface area contributed by atoms with Crippen molar-refractivity contribution in [2.45, 2.75) is 32.7 Å². The Kier molecular flexibility index (Phi) is 7.02. The van der Waals surface area contributed by atoms with Crippen LogP contribution in [0.15, 0.2) is 66.0 Å². The molecule has 1 aromatic rings. The van der Waals surface area contributed by atoms with Crippen molar-refractivity contribution in [1.82, 2.24) is 5.32 Å². The zero-order valence-corrected chi connectivity index (χ0v) is 15.4. The Labute approximate surface area is 154 Å². The van der Waals surface area contributed by atoms with E-state index in [1.165, 1.54) is 0 Å². The monoisotopic (exact) mass is 357 g/mol. The lowest BCUT2D eigenvalue weighted by atomic mass is 10.1. The number of carbonyl (C=O) groups excluding carboxylic acids is 1. The van der Waals surface area contributed by atoms with Gasteiger partial charge in [0.25, 0.3) is 0 Å². The Morgan fingerprint density at radius 2 is 2.20 bits per heavy atom. The van der Waals surface area contributed by atoms with Crippen LogP contribution >= 0.6 is 11.6 Å². The summed E-state index contributed by atoms with van der Waals surface area (Å²) in [5, 5.41) is 6.67. The van der Waals surface area contributed by atoms with Crippen LogP contribution in [0.25, 0.3) is 0 Å². The van der Waals surface area contributed by atoms with Crippen molar-refractivity contribution in [1.29, 1.82) is 0 Å². The van der Waals surface area contributed by atoms with Gasteiger partial charge < -0.3 is 10.6 Å². The Bertz CT molecular complexity index is 717. The van der Waals surface area contributed by atoms with Crippen LogP contribution in [0, 0.1) is 5.92 Å². The summed E-state index contributed by atoms with van der Waals surface area (Å²) in [7, 11) is 0. The summed E-state index contributed by atoms with van der Waals surface area (Å²) in [6.07, 6.45) is 8.90. The summed E-state index contributed by atoms with van der Waals surface area (Å²) in [5.41, 5.74) is 1.88. The Morgan fingerprint density at radius 1 is 1.44 bits per heavy atom. The first-order valence-corrected chi connectivity index (χ1v) is 8.78. The van der Waals surface area contributed by atoms with Gasteiger partial charge in [-0.15, -0.1) is 0 Å². The van der Waals surface area contributed by atoms with E-state index in [0.717, 1.165) is 24.1 Å². The molecule has 1 fully saturated rings. The van der Waals surface area contributed by atoms with Crippen LogP contribution in [0.2, 0.25) is 0 Å². The van der Waals surface area contributed by atoms with Gasteiger partial charge in [0.05, 0.1) is 6.04 Å². The topological polar surface area (TPSA) is 53.5 Å². The van der Waals surface area contributed by atoms with Crippen molar-refractivity contribution in [3.05, 3.63) is 66.5 Å². The zero-order chi connectivity index (χ0) is 18.2. The van der Waals surface area contributed by atoms with Crippen molar-refractivity contribution < 1.29 is 4.79 Å². The van der Waals surface area contributed by atoms with Crippen molar-refractivity contribution in [2.75, 3.05) is 5.32 Å². The van der Waals surface area contributed by atoms with Crippen molar-refractivity contribution in [3.8, 4) is 0 Å². The molecule has 132 valence electrons. The molecule has 25 heavy (non-hydrogen) atoms. The molecule has 0 aromatic heterocycles. The van der Waals surface area contributed by atoms with Gasteiger partial charge in [0.2, 0.25) is 5.91 Å². The van der Waals surface area contributed by atoms with Crippen LogP contribution in [0.5, 0.6) is 0 Å². The molecular weight excluding hydrogens is 334 g/mol. The van der Waals surface area contributed by atoms with E-state index in [2.05, 4.69) is 22.2 Å². The second kappa shape index (κ2) is 9.23. The van der Waals surface area contributed by atoms with Crippen LogP contribution in [0.3, 0.4) is 0 Å². The predicted octanol–water partition coefficient (Wildman–Crippen LogP) is 4.93. The van der Waals surface area contributed by atoms with Gasteiger partial charge in [0, 0.05) is 11.6 Å². The third-order valence-corrected chi connectivity index (χ3v) is 4.05. The molecule has 1 aliphatic rings. The Balaban J connectivity index is 2.03. The van der Waals surface area contributed by atoms with Crippen LogP contribution < -0.4 is 10.6 Å². The lowest BCUT2D eigenvalue weighted by Crippen LogP contribution is -2.18. The number of amides is 1. The maximum atomic E-state index is 11.9. The minimum atomic E-state index is 0.0144. The highest BCUT2D eigenvalue weighted by atomic mass is 35.5. The number of hydrogen-bond acceptors (Lipinski definition) is 3. The number of benzene rings is 1. The fourth-order valence-electron chi connectivity index (χ4n) is 2.26. The molecular formula is C20H24ClN3O. The molecule has 0 radical (unpaired) electrons. The standard InChI is InChI=1S/C20H24ClN3O/c1-4-6-10-18(21)24-19(5-2)22-14(3)16-8-7-9-17(13-16)23-20(25)15-11-12-15/h4-10,13-15,22H,1,11-12H2,2-3H3,(H,23,25)/b10-6+,19-5-,24-18+/t14-/m0/s1. The zero-order valence-electron chi connectivity index (χ0n) is 14.6. The first kappa shape index (κ1) is 19.0. The minimum Gasteiger partial charge on any atom is -0.364 e. The normalized spacial score (nSPS) is 16.6. The largest absolute Gasteiger partial charge is 0.364 e. The average Bonchev–Trinajstić information content (AvgIpc) is 3.44. The third-order valence-electron chi connectivity index (χ3n) is 3.84. The minimum absolute atomic E-state index is 0.0144. The Hall–Kier alpha value is -2.33. The molecule has 0 aliphatic heterocycles. The van der Waals surface area contributed by atoms with Crippen molar-refractivity contribution >= 4 is 28.4 Å². The van der Waals surface area contributed by atoms with Crippen LogP contribution in [0.1, 0.15) is 38.3 Å². The smallest absolute Gasteiger partial charge is 0.227 e. The number of aliphatic imine (C=N–C) groups is 1. The van der Waals surface area contributed by atoms with E-state index in [4.69, 9.17) is 11.6 Å². The molecule has 1 aromatic carbocycles. The number of anilines is 1. The van der Waals surface area contributed by atoms with Crippen molar-refractivity contribution in [3.63, 3.8) is 0 Å². The van der Waals surface area contributed by atoms with Gasteiger partial charge in [-0.2, -0.15) is 0 Å². The highest BCUT2D eigenvalue weighted by Gasteiger charge is 2.29. The molecule has 2 N–H and O–H groups in total. The molecule has 5 heteroatoms. The number of nitrogens with zero attached hydrogens (tertiary/aromatic N) is 1. The summed E-state index contributed by atoms with van der Waals surface area (Å²) < 4.78 is 0. The molecule has 1 amide bonds. The van der Waals surface area contributed by atoms with Gasteiger partial charge in [-0.3, -0.25) is 4.79 Å². The van der Waals surface area contributed by atoms with Crippen LogP contribution in [-0.4, -0.2) is 11.1 Å². The second-order valence-electron chi connectivity index (χ2n) is 5.96. The number of nitrogens with one attached hydrogen (secondary N) is 2. The number of allylic oxidation sites excluding steroid dienone is 4. The summed E-state index contributed by atoms with van der Waals surface area (Å²) in [6.45, 7) is 7.53. The molecule has 0 saturated heterocycles. The molecule has 0 heterocycles. The van der Waals surface area contributed by atoms with Gasteiger partial charge in [-0.1, -0.05) is 42.5 Å². The summed E-state index contributed by atoms with van der Waals surface area (Å²) in [4.78, 5) is 16.2. The third kappa shape index (κ3) is 6.24. The molecule has 4 nitrogen and oxygen atoms in total. The number of halogens is 1. The molecule has 0 spiro atoms. The molecule has 1 aliphatic carbocycles. The van der Waals surface area contributed by atoms with Crippen LogP contribution in [0.4, 0.5) is 5.69 Å². The van der Waals surface area contributed by atoms with Gasteiger partial charge in [-0.05, 0) is 56.5 Å². The molecule has 1 saturated carbocycles. The molecule has 0 unspecified atom stereocenters. The van der Waals surface area contributed by atoms with E-state index in [-0.39, 0.29) is 17.9 Å². The van der Waals surface area contributed by atoms with E-state index in [9.17, 15) is 4.79 Å². The van der Waals surface area contributed by atoms with E-state index >= 15 is 0 Å². The summed E-state index contributed by atoms with van der Waals surface area (Å²) in [5.74, 6) is 0.977. The maximum Gasteiger partial charge on any atom is 0.227 e. The maximum absolute atomic E-state index is 11.9. The fourth-order valence-corrected chi connectivity index (χ4v) is 2.42. The highest BCUT2D eigenvalue weighted by Crippen LogP contribution is 2.30. The predicted molar refractivity (Wildman–Crippen MR) is 106 cm³/mol. The van der Waals surface area contributed by atoms with E-state index in [0.29, 0.717) is 11.0 Å².